The summed E-state index contributed by atoms with van der Waals surface area (Å²) in [6.07, 6.45) is 0.633. The third-order valence-corrected chi connectivity index (χ3v) is 4.78. The van der Waals surface area contributed by atoms with Crippen LogP contribution >= 0.6 is 0 Å². The quantitative estimate of drug-likeness (QED) is 0.578. The Hall–Kier alpha value is -3.68. The molecule has 0 saturated carbocycles. The molecule has 0 bridgehead atoms. The summed E-state index contributed by atoms with van der Waals surface area (Å²) in [6.45, 7) is 5.78. The van der Waals surface area contributed by atoms with E-state index in [0.29, 0.717) is 5.69 Å². The molecule has 0 fully saturated rings. The number of H-pyrrole nitrogens is 1. The molecule has 1 amide bonds. The van der Waals surface area contributed by atoms with Gasteiger partial charge in [-0.25, -0.2) is 4.68 Å². The van der Waals surface area contributed by atoms with Crippen molar-refractivity contribution in [3.63, 3.8) is 0 Å². The largest absolute Gasteiger partial charge is 0.530 e. The van der Waals surface area contributed by atoms with Crippen molar-refractivity contribution in [3.8, 4) is 17.1 Å². The zero-order valence-electron chi connectivity index (χ0n) is 16.5. The highest BCUT2D eigenvalue weighted by Crippen LogP contribution is 2.25. The fourth-order valence-electron chi connectivity index (χ4n) is 3.17. The maximum Gasteiger partial charge on any atom is 0.137 e. The van der Waals surface area contributed by atoms with Crippen LogP contribution in [0.5, 0.6) is 0 Å². The van der Waals surface area contributed by atoms with E-state index in [1.807, 2.05) is 75.5 Å². The number of hydrogen-bond acceptors (Lipinski definition) is 5. The number of carbonyl (C=O) groups excluding carboxylic acids is 1. The van der Waals surface area contributed by atoms with Crippen molar-refractivity contribution in [2.45, 2.75) is 32.9 Å². The molecule has 0 radical (unpaired) electrons. The number of amides is 1. The lowest BCUT2D eigenvalue weighted by atomic mass is 10.1. The predicted octanol–water partition coefficient (Wildman–Crippen LogP) is 2.75. The number of fused-ring (bicyclic) bond motifs is 1. The third kappa shape index (κ3) is 3.69. The van der Waals surface area contributed by atoms with Gasteiger partial charge in [0.25, 0.3) is 0 Å². The molecule has 2 heterocycles. The SMILES string of the molecule is CC(C)(C)N(Cc1ccc(-n2cc(-c3n[nH]c4ccccc34)nn2)cc1)C(=O)[O-]. The van der Waals surface area contributed by atoms with Gasteiger partial charge in [-0.2, -0.15) is 5.10 Å². The van der Waals surface area contributed by atoms with Crippen molar-refractivity contribution in [1.29, 1.82) is 0 Å². The Kier molecular flexibility index (Phi) is 4.54. The Labute approximate surface area is 167 Å². The first-order valence-electron chi connectivity index (χ1n) is 9.27. The lowest BCUT2D eigenvalue weighted by Gasteiger charge is -2.38. The average Bonchev–Trinajstić information content (AvgIpc) is 3.32. The number of aromatic nitrogens is 5. The molecule has 29 heavy (non-hydrogen) atoms. The Bertz CT molecular complexity index is 1150. The topological polar surface area (TPSA) is 103 Å². The molecule has 8 heteroatoms. The van der Waals surface area contributed by atoms with Crippen LogP contribution in [0, 0.1) is 0 Å². The Morgan fingerprint density at radius 2 is 1.86 bits per heavy atom. The summed E-state index contributed by atoms with van der Waals surface area (Å²) in [6, 6.07) is 15.4. The highest BCUT2D eigenvalue weighted by molar-refractivity contribution is 5.91. The summed E-state index contributed by atoms with van der Waals surface area (Å²) < 4.78 is 1.67. The molecule has 4 rings (SSSR count). The molecule has 0 saturated heterocycles. The van der Waals surface area contributed by atoms with Gasteiger partial charge in [-0.1, -0.05) is 35.5 Å². The van der Waals surface area contributed by atoms with E-state index >= 15 is 0 Å². The normalized spacial score (nSPS) is 11.7. The number of aromatic amines is 1. The third-order valence-electron chi connectivity index (χ3n) is 4.78. The molecule has 0 aliphatic carbocycles. The second kappa shape index (κ2) is 7.05. The Morgan fingerprint density at radius 3 is 2.55 bits per heavy atom. The lowest BCUT2D eigenvalue weighted by Crippen LogP contribution is -2.50. The zero-order chi connectivity index (χ0) is 20.6. The number of nitrogens with one attached hydrogen (secondary N) is 1. The maximum absolute atomic E-state index is 11.4. The fourth-order valence-corrected chi connectivity index (χ4v) is 3.17. The van der Waals surface area contributed by atoms with E-state index in [9.17, 15) is 9.90 Å². The van der Waals surface area contributed by atoms with E-state index in [0.717, 1.165) is 27.8 Å². The van der Waals surface area contributed by atoms with Crippen molar-refractivity contribution in [1.82, 2.24) is 30.1 Å². The van der Waals surface area contributed by atoms with Gasteiger partial charge in [0.1, 0.15) is 17.5 Å². The van der Waals surface area contributed by atoms with Gasteiger partial charge in [0.2, 0.25) is 0 Å². The van der Waals surface area contributed by atoms with Crippen LogP contribution in [0.15, 0.2) is 54.7 Å². The van der Waals surface area contributed by atoms with Gasteiger partial charge in [-0.15, -0.1) is 5.10 Å². The summed E-state index contributed by atoms with van der Waals surface area (Å²) in [5.41, 5.74) is 3.51. The molecule has 8 nitrogen and oxygen atoms in total. The summed E-state index contributed by atoms with van der Waals surface area (Å²) in [5.74, 6) is 0. The first kappa shape index (κ1) is 18.7. The van der Waals surface area contributed by atoms with Crippen LogP contribution in [-0.4, -0.2) is 41.7 Å². The number of para-hydroxylation sites is 1. The van der Waals surface area contributed by atoms with Crippen LogP contribution in [0.2, 0.25) is 0 Å². The Balaban J connectivity index is 1.57. The number of rotatable bonds is 4. The first-order valence-corrected chi connectivity index (χ1v) is 9.27. The van der Waals surface area contributed by atoms with Gasteiger partial charge in [-0.3, -0.25) is 5.10 Å². The highest BCUT2D eigenvalue weighted by atomic mass is 16.4. The van der Waals surface area contributed by atoms with E-state index in [1.54, 1.807) is 4.68 Å². The molecule has 148 valence electrons. The molecule has 2 aromatic carbocycles. The van der Waals surface area contributed by atoms with Gasteiger partial charge in [0.15, 0.2) is 0 Å². The first-order chi connectivity index (χ1) is 13.8. The maximum atomic E-state index is 11.4. The molecule has 0 aliphatic heterocycles. The predicted molar refractivity (Wildman–Crippen MR) is 107 cm³/mol. The van der Waals surface area contributed by atoms with E-state index in [1.165, 1.54) is 4.90 Å². The van der Waals surface area contributed by atoms with Crippen molar-refractivity contribution >= 4 is 17.0 Å². The van der Waals surface area contributed by atoms with Crippen LogP contribution < -0.4 is 5.11 Å². The lowest BCUT2D eigenvalue weighted by molar-refractivity contribution is -0.271. The number of nitrogens with zero attached hydrogens (tertiary/aromatic N) is 5. The minimum atomic E-state index is -1.19. The molecule has 1 N–H and O–H groups in total. The van der Waals surface area contributed by atoms with Crippen LogP contribution in [0.1, 0.15) is 26.3 Å². The summed E-state index contributed by atoms with van der Waals surface area (Å²) >= 11 is 0. The second-order valence-corrected chi connectivity index (χ2v) is 7.86. The van der Waals surface area contributed by atoms with Crippen LogP contribution in [-0.2, 0) is 6.54 Å². The summed E-state index contributed by atoms with van der Waals surface area (Å²) in [7, 11) is 0. The highest BCUT2D eigenvalue weighted by Gasteiger charge is 2.21. The van der Waals surface area contributed by atoms with Gasteiger partial charge < -0.3 is 14.8 Å². The van der Waals surface area contributed by atoms with Crippen LogP contribution in [0.25, 0.3) is 28.0 Å². The van der Waals surface area contributed by atoms with Crippen molar-refractivity contribution < 1.29 is 9.90 Å². The standard InChI is InChI=1S/C21H22N6O2/c1-21(2,3)26(20(28)29)12-14-8-10-15(11-9-14)27-13-18(23-25-27)19-16-6-4-5-7-17(16)22-24-19/h4-11,13H,12H2,1-3H3,(H,22,24)(H,28,29)/p-1. The van der Waals surface area contributed by atoms with E-state index < -0.39 is 11.6 Å². The molecular weight excluding hydrogens is 368 g/mol. The molecule has 0 atom stereocenters. The van der Waals surface area contributed by atoms with Crippen molar-refractivity contribution in [3.05, 3.63) is 60.3 Å². The molecule has 0 unspecified atom stereocenters. The summed E-state index contributed by atoms with van der Waals surface area (Å²) in [5, 5.41) is 28.2. The Morgan fingerprint density at radius 1 is 1.14 bits per heavy atom. The molecule has 2 aromatic heterocycles. The van der Waals surface area contributed by atoms with Gasteiger partial charge in [0, 0.05) is 17.5 Å². The van der Waals surface area contributed by atoms with Crippen LogP contribution in [0.4, 0.5) is 4.79 Å². The van der Waals surface area contributed by atoms with E-state index in [2.05, 4.69) is 20.5 Å². The van der Waals surface area contributed by atoms with Gasteiger partial charge in [0.05, 0.1) is 17.4 Å². The van der Waals surface area contributed by atoms with Crippen LogP contribution in [0.3, 0.4) is 0 Å². The number of benzene rings is 2. The summed E-state index contributed by atoms with van der Waals surface area (Å²) in [4.78, 5) is 12.7. The number of hydrogen-bond donors (Lipinski definition) is 1. The molecule has 0 spiro atoms. The second-order valence-electron chi connectivity index (χ2n) is 7.86. The van der Waals surface area contributed by atoms with Crippen molar-refractivity contribution in [2.75, 3.05) is 0 Å². The number of carboxylic acid groups (broad SMARTS) is 1. The van der Waals surface area contributed by atoms with E-state index in [-0.39, 0.29) is 6.54 Å². The molecular formula is C21H21N6O2-. The van der Waals surface area contributed by atoms with E-state index in [4.69, 9.17) is 0 Å². The van der Waals surface area contributed by atoms with Crippen molar-refractivity contribution in [2.24, 2.45) is 0 Å². The fraction of sp³-hybridized carbons (Fsp3) is 0.238. The van der Waals surface area contributed by atoms with Gasteiger partial charge in [-0.05, 0) is 44.5 Å². The average molecular weight is 389 g/mol. The molecule has 0 aliphatic rings. The van der Waals surface area contributed by atoms with Gasteiger partial charge >= 0.3 is 0 Å². The minimum absolute atomic E-state index is 0.258. The minimum Gasteiger partial charge on any atom is -0.530 e. The number of carbonyl (C=O) groups is 1. The smallest absolute Gasteiger partial charge is 0.137 e. The zero-order valence-corrected chi connectivity index (χ0v) is 16.5. The monoisotopic (exact) mass is 389 g/mol. The molecule has 4 aromatic rings.